The van der Waals surface area contributed by atoms with Crippen LogP contribution >= 0.6 is 0 Å². The summed E-state index contributed by atoms with van der Waals surface area (Å²) in [6.07, 6.45) is 3.99. The first-order valence-corrected chi connectivity index (χ1v) is 6.98. The molecule has 0 amide bonds. The Kier molecular flexibility index (Phi) is 5.22. The number of nitrogens with two attached hydrogens (primary N) is 1. The van der Waals surface area contributed by atoms with E-state index in [0.29, 0.717) is 18.1 Å². The van der Waals surface area contributed by atoms with E-state index in [2.05, 4.69) is 11.8 Å². The lowest BCUT2D eigenvalue weighted by molar-refractivity contribution is 0.0452. The maximum atomic E-state index is 5.97. The summed E-state index contributed by atoms with van der Waals surface area (Å²) in [5, 5.41) is 0. The normalized spacial score (nSPS) is 31.2. The molecule has 0 saturated carbocycles. The Hall–Kier alpha value is -0.160. The lowest BCUT2D eigenvalue weighted by atomic mass is 9.97. The number of hydrogen-bond acceptors (Lipinski definition) is 4. The summed E-state index contributed by atoms with van der Waals surface area (Å²) in [4.78, 5) is 2.50. The lowest BCUT2D eigenvalue weighted by Crippen LogP contribution is -2.48. The largest absolute Gasteiger partial charge is 0.381 e. The number of hydrogen-bond donors (Lipinski definition) is 1. The second kappa shape index (κ2) is 6.69. The lowest BCUT2D eigenvalue weighted by Gasteiger charge is -2.34. The Morgan fingerprint density at radius 2 is 2.24 bits per heavy atom. The van der Waals surface area contributed by atoms with Crippen molar-refractivity contribution in [3.05, 3.63) is 0 Å². The van der Waals surface area contributed by atoms with Crippen LogP contribution in [0.4, 0.5) is 0 Å². The van der Waals surface area contributed by atoms with Crippen LogP contribution in [0.1, 0.15) is 26.2 Å². The molecule has 2 N–H and O–H groups in total. The Labute approximate surface area is 104 Å². The maximum Gasteiger partial charge on any atom is 0.0702 e. The highest BCUT2D eigenvalue weighted by Gasteiger charge is 2.30. The van der Waals surface area contributed by atoms with Gasteiger partial charge in [-0.3, -0.25) is 4.90 Å². The van der Waals surface area contributed by atoms with Gasteiger partial charge in [0, 0.05) is 38.3 Å². The molecule has 2 aliphatic rings. The summed E-state index contributed by atoms with van der Waals surface area (Å²) in [6.45, 7) is 7.75. The van der Waals surface area contributed by atoms with Gasteiger partial charge >= 0.3 is 0 Å². The van der Waals surface area contributed by atoms with Crippen molar-refractivity contribution < 1.29 is 9.47 Å². The number of likely N-dealkylation sites (N-methyl/N-ethyl adjacent to an activating group) is 1. The van der Waals surface area contributed by atoms with E-state index in [1.54, 1.807) is 0 Å². The second-order valence-corrected chi connectivity index (χ2v) is 5.15. The minimum absolute atomic E-state index is 0.423. The van der Waals surface area contributed by atoms with Crippen molar-refractivity contribution in [3.8, 4) is 0 Å². The fourth-order valence-corrected chi connectivity index (χ4v) is 3.04. The highest BCUT2D eigenvalue weighted by molar-refractivity contribution is 4.84. The molecule has 100 valence electrons. The Bertz CT molecular complexity index is 213. The molecule has 3 unspecified atom stereocenters. The van der Waals surface area contributed by atoms with Gasteiger partial charge in [0.1, 0.15) is 0 Å². The molecule has 3 atom stereocenters. The van der Waals surface area contributed by atoms with E-state index in [1.165, 1.54) is 12.8 Å². The van der Waals surface area contributed by atoms with Crippen LogP contribution in [0.25, 0.3) is 0 Å². The average molecular weight is 242 g/mol. The first-order valence-electron chi connectivity index (χ1n) is 6.98. The summed E-state index contributed by atoms with van der Waals surface area (Å²) in [7, 11) is 0. The molecule has 4 nitrogen and oxygen atoms in total. The molecule has 0 spiro atoms. The SMILES string of the molecule is CCN(CC1CCCO1)C(CN)C1CCOC1. The van der Waals surface area contributed by atoms with Crippen LogP contribution in [0.3, 0.4) is 0 Å². The van der Waals surface area contributed by atoms with Crippen LogP contribution in [0.15, 0.2) is 0 Å². The van der Waals surface area contributed by atoms with Gasteiger partial charge in [-0.05, 0) is 25.8 Å². The van der Waals surface area contributed by atoms with E-state index in [9.17, 15) is 0 Å². The van der Waals surface area contributed by atoms with E-state index in [0.717, 1.165) is 45.9 Å². The zero-order valence-corrected chi connectivity index (χ0v) is 10.9. The third kappa shape index (κ3) is 3.41. The van der Waals surface area contributed by atoms with Gasteiger partial charge < -0.3 is 15.2 Å². The van der Waals surface area contributed by atoms with E-state index in [1.807, 2.05) is 0 Å². The Balaban J connectivity index is 1.88. The van der Waals surface area contributed by atoms with Gasteiger partial charge in [0.25, 0.3) is 0 Å². The first kappa shape index (κ1) is 13.3. The number of ether oxygens (including phenoxy) is 2. The summed E-state index contributed by atoms with van der Waals surface area (Å²) >= 11 is 0. The number of nitrogens with zero attached hydrogens (tertiary/aromatic N) is 1. The van der Waals surface area contributed by atoms with Crippen LogP contribution < -0.4 is 5.73 Å². The molecule has 0 aromatic heterocycles. The van der Waals surface area contributed by atoms with Crippen molar-refractivity contribution in [2.45, 2.75) is 38.3 Å². The summed E-state index contributed by atoms with van der Waals surface area (Å²) in [6, 6.07) is 0.465. The molecule has 0 bridgehead atoms. The van der Waals surface area contributed by atoms with Gasteiger partial charge in [0.2, 0.25) is 0 Å². The number of rotatable bonds is 6. The molecular formula is C13H26N2O2. The van der Waals surface area contributed by atoms with Crippen molar-refractivity contribution >= 4 is 0 Å². The van der Waals surface area contributed by atoms with Gasteiger partial charge in [-0.1, -0.05) is 6.92 Å². The second-order valence-electron chi connectivity index (χ2n) is 5.15. The van der Waals surface area contributed by atoms with Crippen LogP contribution in [-0.4, -0.2) is 56.5 Å². The molecule has 17 heavy (non-hydrogen) atoms. The van der Waals surface area contributed by atoms with Crippen LogP contribution in [-0.2, 0) is 9.47 Å². The molecular weight excluding hydrogens is 216 g/mol. The van der Waals surface area contributed by atoms with Crippen molar-refractivity contribution in [1.29, 1.82) is 0 Å². The summed E-state index contributed by atoms with van der Waals surface area (Å²) in [5.74, 6) is 0.612. The van der Waals surface area contributed by atoms with E-state index in [-0.39, 0.29) is 0 Å². The predicted octanol–water partition coefficient (Wildman–Crippen LogP) is 0.851. The van der Waals surface area contributed by atoms with Crippen molar-refractivity contribution in [1.82, 2.24) is 4.90 Å². The predicted molar refractivity (Wildman–Crippen MR) is 68.0 cm³/mol. The molecule has 0 radical (unpaired) electrons. The minimum Gasteiger partial charge on any atom is -0.381 e. The average Bonchev–Trinajstić information content (AvgIpc) is 3.00. The zero-order chi connectivity index (χ0) is 12.1. The minimum atomic E-state index is 0.423. The third-order valence-corrected chi connectivity index (χ3v) is 4.09. The van der Waals surface area contributed by atoms with Crippen LogP contribution in [0.2, 0.25) is 0 Å². The third-order valence-electron chi connectivity index (χ3n) is 4.09. The summed E-state index contributed by atoms with van der Waals surface area (Å²) in [5.41, 5.74) is 5.97. The van der Waals surface area contributed by atoms with Crippen molar-refractivity contribution in [2.24, 2.45) is 11.7 Å². The first-order chi connectivity index (χ1) is 8.35. The smallest absolute Gasteiger partial charge is 0.0702 e. The topological polar surface area (TPSA) is 47.7 Å². The molecule has 2 aliphatic heterocycles. The molecule has 2 rings (SSSR count). The fraction of sp³-hybridized carbons (Fsp3) is 1.00. The quantitative estimate of drug-likeness (QED) is 0.750. The molecule has 0 aromatic rings. The van der Waals surface area contributed by atoms with Crippen LogP contribution in [0, 0.1) is 5.92 Å². The van der Waals surface area contributed by atoms with Crippen molar-refractivity contribution in [2.75, 3.05) is 39.5 Å². The monoisotopic (exact) mass is 242 g/mol. The Morgan fingerprint density at radius 1 is 1.35 bits per heavy atom. The molecule has 0 aromatic carbocycles. The summed E-state index contributed by atoms with van der Waals surface area (Å²) < 4.78 is 11.2. The Morgan fingerprint density at radius 3 is 2.76 bits per heavy atom. The van der Waals surface area contributed by atoms with Gasteiger partial charge in [-0.25, -0.2) is 0 Å². The van der Waals surface area contributed by atoms with E-state index in [4.69, 9.17) is 15.2 Å². The zero-order valence-electron chi connectivity index (χ0n) is 10.9. The van der Waals surface area contributed by atoms with E-state index >= 15 is 0 Å². The molecule has 2 fully saturated rings. The van der Waals surface area contributed by atoms with Gasteiger partial charge in [-0.15, -0.1) is 0 Å². The molecule has 2 saturated heterocycles. The molecule has 4 heteroatoms. The fourth-order valence-electron chi connectivity index (χ4n) is 3.04. The maximum absolute atomic E-state index is 5.97. The van der Waals surface area contributed by atoms with Gasteiger partial charge in [0.05, 0.1) is 12.7 Å². The van der Waals surface area contributed by atoms with Crippen LogP contribution in [0.5, 0.6) is 0 Å². The van der Waals surface area contributed by atoms with E-state index < -0.39 is 0 Å². The highest BCUT2D eigenvalue weighted by atomic mass is 16.5. The van der Waals surface area contributed by atoms with Gasteiger partial charge in [0.15, 0.2) is 0 Å². The van der Waals surface area contributed by atoms with Crippen molar-refractivity contribution in [3.63, 3.8) is 0 Å². The molecule has 0 aliphatic carbocycles. The molecule has 2 heterocycles. The van der Waals surface area contributed by atoms with Gasteiger partial charge in [-0.2, -0.15) is 0 Å². The standard InChI is InChI=1S/C13H26N2O2/c1-2-15(9-12-4-3-6-17-12)13(8-14)11-5-7-16-10-11/h11-13H,2-10,14H2,1H3. The highest BCUT2D eigenvalue weighted by Crippen LogP contribution is 2.22.